The fraction of sp³-hybridized carbons (Fsp3) is 0.368. The topological polar surface area (TPSA) is 67.9 Å². The third kappa shape index (κ3) is 3.39. The number of rotatable bonds is 5. The minimum absolute atomic E-state index is 0.218. The summed E-state index contributed by atoms with van der Waals surface area (Å²) >= 11 is 1.52. The molecule has 1 aliphatic carbocycles. The maximum absolute atomic E-state index is 12.7. The molecule has 0 radical (unpaired) electrons. The normalized spacial score (nSPS) is 12.5. The molecule has 0 fully saturated rings. The first-order valence-corrected chi connectivity index (χ1v) is 9.16. The molecule has 7 heteroatoms. The maximum Gasteiger partial charge on any atom is 0.265 e. The zero-order chi connectivity index (χ0) is 18.8. The summed E-state index contributed by atoms with van der Waals surface area (Å²) in [5.74, 6) is 0.442. The second kappa shape index (κ2) is 7.37. The number of nitrogens with zero attached hydrogens (tertiary/aromatic N) is 1. The van der Waals surface area contributed by atoms with Crippen LogP contribution in [0.4, 0.5) is 5.69 Å². The van der Waals surface area contributed by atoms with Crippen molar-refractivity contribution >= 4 is 28.8 Å². The van der Waals surface area contributed by atoms with E-state index in [1.54, 1.807) is 26.2 Å². The monoisotopic (exact) mass is 374 g/mol. The first-order valence-electron chi connectivity index (χ1n) is 8.35. The van der Waals surface area contributed by atoms with Crippen LogP contribution in [0.3, 0.4) is 0 Å². The van der Waals surface area contributed by atoms with Crippen molar-refractivity contribution in [2.24, 2.45) is 0 Å². The molecule has 2 amide bonds. The SMILES string of the molecule is COc1cc(NC(=O)c2cc3c(s2)CCC3)c(C(=O)N(C)C)cc1OC. The Morgan fingerprint density at radius 3 is 2.38 bits per heavy atom. The Morgan fingerprint density at radius 2 is 1.77 bits per heavy atom. The van der Waals surface area contributed by atoms with Crippen LogP contribution in [-0.4, -0.2) is 45.0 Å². The summed E-state index contributed by atoms with van der Waals surface area (Å²) in [6.45, 7) is 0. The second-order valence-electron chi connectivity index (χ2n) is 6.32. The van der Waals surface area contributed by atoms with Gasteiger partial charge in [-0.05, 0) is 37.0 Å². The number of anilines is 1. The fourth-order valence-electron chi connectivity index (χ4n) is 3.03. The molecule has 0 atom stereocenters. The zero-order valence-corrected chi connectivity index (χ0v) is 16.2. The van der Waals surface area contributed by atoms with E-state index in [2.05, 4.69) is 5.32 Å². The molecule has 1 aromatic carbocycles. The molecule has 0 saturated carbocycles. The van der Waals surface area contributed by atoms with Crippen LogP contribution in [0, 0.1) is 0 Å². The summed E-state index contributed by atoms with van der Waals surface area (Å²) in [6.07, 6.45) is 3.22. The zero-order valence-electron chi connectivity index (χ0n) is 15.3. The molecule has 0 bridgehead atoms. The molecule has 26 heavy (non-hydrogen) atoms. The van der Waals surface area contributed by atoms with E-state index < -0.39 is 0 Å². The van der Waals surface area contributed by atoms with Gasteiger partial charge in [0.05, 0.1) is 30.3 Å². The quantitative estimate of drug-likeness (QED) is 0.873. The van der Waals surface area contributed by atoms with Crippen LogP contribution >= 0.6 is 11.3 Å². The lowest BCUT2D eigenvalue weighted by Gasteiger charge is -2.17. The molecule has 0 aliphatic heterocycles. The predicted molar refractivity (Wildman–Crippen MR) is 102 cm³/mol. The third-order valence-electron chi connectivity index (χ3n) is 4.38. The van der Waals surface area contributed by atoms with Crippen LogP contribution in [0.5, 0.6) is 11.5 Å². The third-order valence-corrected chi connectivity index (χ3v) is 5.61. The summed E-state index contributed by atoms with van der Waals surface area (Å²) in [7, 11) is 6.34. The Balaban J connectivity index is 1.96. The number of methoxy groups -OCH3 is 2. The highest BCUT2D eigenvalue weighted by molar-refractivity contribution is 7.14. The number of fused-ring (bicyclic) bond motifs is 1. The highest BCUT2D eigenvalue weighted by Crippen LogP contribution is 2.35. The van der Waals surface area contributed by atoms with Gasteiger partial charge < -0.3 is 19.7 Å². The van der Waals surface area contributed by atoms with Crippen LogP contribution < -0.4 is 14.8 Å². The van der Waals surface area contributed by atoms with Crippen molar-refractivity contribution in [1.82, 2.24) is 4.90 Å². The van der Waals surface area contributed by atoms with Gasteiger partial charge in [0.1, 0.15) is 0 Å². The molecule has 0 unspecified atom stereocenters. The Kier molecular flexibility index (Phi) is 5.18. The molecule has 1 aromatic heterocycles. The minimum Gasteiger partial charge on any atom is -0.493 e. The Bertz CT molecular complexity index is 836. The van der Waals surface area contributed by atoms with Crippen molar-refractivity contribution in [3.8, 4) is 11.5 Å². The molecule has 0 saturated heterocycles. The number of hydrogen-bond donors (Lipinski definition) is 1. The number of nitrogens with one attached hydrogen (secondary N) is 1. The van der Waals surface area contributed by atoms with Gasteiger partial charge in [0, 0.05) is 25.0 Å². The number of carbonyl (C=O) groups is 2. The average Bonchev–Trinajstić information content (AvgIpc) is 3.22. The summed E-state index contributed by atoms with van der Waals surface area (Å²) < 4.78 is 10.6. The Morgan fingerprint density at radius 1 is 1.08 bits per heavy atom. The van der Waals surface area contributed by atoms with Crippen molar-refractivity contribution in [2.75, 3.05) is 33.6 Å². The van der Waals surface area contributed by atoms with Gasteiger partial charge in [0.25, 0.3) is 11.8 Å². The molecular formula is C19H22N2O4S. The second-order valence-corrected chi connectivity index (χ2v) is 7.46. The van der Waals surface area contributed by atoms with E-state index in [1.807, 2.05) is 6.07 Å². The van der Waals surface area contributed by atoms with E-state index in [4.69, 9.17) is 9.47 Å². The highest BCUT2D eigenvalue weighted by atomic mass is 32.1. The van der Waals surface area contributed by atoms with Crippen LogP contribution in [0.15, 0.2) is 18.2 Å². The average molecular weight is 374 g/mol. The fourth-order valence-corrected chi connectivity index (χ4v) is 4.17. The molecule has 138 valence electrons. The van der Waals surface area contributed by atoms with E-state index >= 15 is 0 Å². The van der Waals surface area contributed by atoms with Crippen molar-refractivity contribution in [1.29, 1.82) is 0 Å². The first kappa shape index (κ1) is 18.3. The summed E-state index contributed by atoms with van der Waals surface area (Å²) in [5.41, 5.74) is 2.02. The number of hydrogen-bond acceptors (Lipinski definition) is 5. The summed E-state index contributed by atoms with van der Waals surface area (Å²) in [4.78, 5) is 28.7. The predicted octanol–water partition coefficient (Wildman–Crippen LogP) is 3.21. The number of amides is 2. The number of ether oxygens (including phenoxy) is 2. The largest absolute Gasteiger partial charge is 0.493 e. The molecular weight excluding hydrogens is 352 g/mol. The van der Waals surface area contributed by atoms with Crippen molar-refractivity contribution in [3.63, 3.8) is 0 Å². The van der Waals surface area contributed by atoms with Gasteiger partial charge in [-0.1, -0.05) is 0 Å². The van der Waals surface area contributed by atoms with Crippen LogP contribution in [0.2, 0.25) is 0 Å². The molecule has 1 heterocycles. The lowest BCUT2D eigenvalue weighted by Crippen LogP contribution is -2.24. The molecule has 3 rings (SSSR count). The van der Waals surface area contributed by atoms with Gasteiger partial charge in [-0.2, -0.15) is 0 Å². The van der Waals surface area contributed by atoms with Gasteiger partial charge in [0.15, 0.2) is 11.5 Å². The lowest BCUT2D eigenvalue weighted by atomic mass is 10.1. The van der Waals surface area contributed by atoms with Crippen molar-refractivity contribution < 1.29 is 19.1 Å². The summed E-state index contributed by atoms with van der Waals surface area (Å²) in [5, 5.41) is 2.87. The molecule has 1 aliphatic rings. The van der Waals surface area contributed by atoms with E-state index in [0.29, 0.717) is 27.6 Å². The van der Waals surface area contributed by atoms with Gasteiger partial charge >= 0.3 is 0 Å². The lowest BCUT2D eigenvalue weighted by molar-refractivity contribution is 0.0828. The number of carbonyl (C=O) groups excluding carboxylic acids is 2. The summed E-state index contributed by atoms with van der Waals surface area (Å²) in [6, 6.07) is 5.16. The van der Waals surface area contributed by atoms with Gasteiger partial charge in [0.2, 0.25) is 0 Å². The van der Waals surface area contributed by atoms with Gasteiger partial charge in [-0.15, -0.1) is 11.3 Å². The highest BCUT2D eigenvalue weighted by Gasteiger charge is 2.22. The van der Waals surface area contributed by atoms with E-state index in [-0.39, 0.29) is 11.8 Å². The number of thiophene rings is 1. The molecule has 1 N–H and O–H groups in total. The van der Waals surface area contributed by atoms with Crippen LogP contribution in [0.1, 0.15) is 36.9 Å². The maximum atomic E-state index is 12.7. The number of aryl methyl sites for hydroxylation is 2. The van der Waals surface area contributed by atoms with Crippen LogP contribution in [-0.2, 0) is 12.8 Å². The van der Waals surface area contributed by atoms with Crippen molar-refractivity contribution in [3.05, 3.63) is 39.1 Å². The Labute approximate surface area is 156 Å². The number of benzene rings is 1. The van der Waals surface area contributed by atoms with Gasteiger partial charge in [-0.3, -0.25) is 9.59 Å². The minimum atomic E-state index is -0.227. The van der Waals surface area contributed by atoms with E-state index in [0.717, 1.165) is 19.3 Å². The Hall–Kier alpha value is -2.54. The van der Waals surface area contributed by atoms with E-state index in [1.165, 1.54) is 40.9 Å². The van der Waals surface area contributed by atoms with Crippen LogP contribution in [0.25, 0.3) is 0 Å². The smallest absolute Gasteiger partial charge is 0.265 e. The van der Waals surface area contributed by atoms with Crippen molar-refractivity contribution in [2.45, 2.75) is 19.3 Å². The van der Waals surface area contributed by atoms with Gasteiger partial charge in [-0.25, -0.2) is 0 Å². The molecule has 2 aromatic rings. The first-order chi connectivity index (χ1) is 12.4. The molecule has 0 spiro atoms. The standard InChI is InChI=1S/C19H22N2O4S/c1-21(2)19(23)12-9-14(24-3)15(25-4)10-13(12)20-18(22)17-8-11-6-5-7-16(11)26-17/h8-10H,5-7H2,1-4H3,(H,20,22). The van der Waals surface area contributed by atoms with E-state index in [9.17, 15) is 9.59 Å². The molecule has 6 nitrogen and oxygen atoms in total.